The third-order valence-corrected chi connectivity index (χ3v) is 3.34. The van der Waals surface area contributed by atoms with E-state index in [1.165, 1.54) is 0 Å². The maximum atomic E-state index is 9.71. The molecule has 3 atom stereocenters. The number of aliphatic hydroxyl groups is 2. The van der Waals surface area contributed by atoms with Crippen LogP contribution in [0.15, 0.2) is 18.2 Å². The Hall–Kier alpha value is -1.10. The van der Waals surface area contributed by atoms with Crippen molar-refractivity contribution < 1.29 is 19.7 Å². The lowest BCUT2D eigenvalue weighted by atomic mass is 9.87. The Balaban J connectivity index is 1.81. The van der Waals surface area contributed by atoms with Crippen LogP contribution in [0.25, 0.3) is 0 Å². The number of hydrogen-bond acceptors (Lipinski definition) is 4. The van der Waals surface area contributed by atoms with Gasteiger partial charge in [-0.05, 0) is 11.6 Å². The Bertz CT molecular complexity index is 414. The average molecular weight is 236 g/mol. The lowest BCUT2D eigenvalue weighted by Gasteiger charge is -2.27. The first-order valence-corrected chi connectivity index (χ1v) is 5.95. The molecule has 17 heavy (non-hydrogen) atoms. The van der Waals surface area contributed by atoms with Gasteiger partial charge in [-0.2, -0.15) is 0 Å². The molecule has 0 spiro atoms. The van der Waals surface area contributed by atoms with Gasteiger partial charge in [-0.3, -0.25) is 0 Å². The molecule has 1 aliphatic heterocycles. The Morgan fingerprint density at radius 2 is 2.00 bits per heavy atom. The van der Waals surface area contributed by atoms with Crippen LogP contribution in [0.4, 0.5) is 0 Å². The summed E-state index contributed by atoms with van der Waals surface area (Å²) < 4.78 is 10.8. The fraction of sp³-hybridized carbons (Fsp3) is 0.538. The minimum atomic E-state index is -0.690. The van der Waals surface area contributed by atoms with Gasteiger partial charge < -0.3 is 19.7 Å². The molecule has 92 valence electrons. The second-order valence-electron chi connectivity index (χ2n) is 4.70. The summed E-state index contributed by atoms with van der Waals surface area (Å²) in [7, 11) is 0. The van der Waals surface area contributed by atoms with Crippen molar-refractivity contribution in [3.8, 4) is 5.75 Å². The highest BCUT2D eigenvalue weighted by Crippen LogP contribution is 2.30. The van der Waals surface area contributed by atoms with Crippen molar-refractivity contribution in [3.05, 3.63) is 29.3 Å². The van der Waals surface area contributed by atoms with Gasteiger partial charge in [0.2, 0.25) is 0 Å². The van der Waals surface area contributed by atoms with Crippen molar-refractivity contribution in [1.29, 1.82) is 0 Å². The molecule has 0 aromatic heterocycles. The summed E-state index contributed by atoms with van der Waals surface area (Å²) in [6.45, 7) is 1.34. The number of epoxide rings is 1. The zero-order valence-corrected chi connectivity index (χ0v) is 9.50. The molecule has 0 saturated carbocycles. The van der Waals surface area contributed by atoms with E-state index < -0.39 is 12.2 Å². The van der Waals surface area contributed by atoms with Crippen molar-refractivity contribution in [2.24, 2.45) is 0 Å². The SMILES string of the molecule is OC1Cc2cccc(OCC3CO3)c2CC1O. The van der Waals surface area contributed by atoms with E-state index in [0.29, 0.717) is 19.4 Å². The average Bonchev–Trinajstić information content (AvgIpc) is 3.12. The number of aliphatic hydroxyl groups excluding tert-OH is 2. The minimum Gasteiger partial charge on any atom is -0.490 e. The van der Waals surface area contributed by atoms with Crippen molar-refractivity contribution in [2.45, 2.75) is 31.2 Å². The van der Waals surface area contributed by atoms with E-state index in [-0.39, 0.29) is 6.10 Å². The highest BCUT2D eigenvalue weighted by atomic mass is 16.6. The smallest absolute Gasteiger partial charge is 0.123 e. The quantitative estimate of drug-likeness (QED) is 0.740. The first-order chi connectivity index (χ1) is 8.24. The minimum absolute atomic E-state index is 0.227. The van der Waals surface area contributed by atoms with Crippen LogP contribution in [0.2, 0.25) is 0 Å². The van der Waals surface area contributed by atoms with E-state index in [4.69, 9.17) is 9.47 Å². The molecule has 0 radical (unpaired) electrons. The molecule has 2 N–H and O–H groups in total. The molecule has 2 aliphatic rings. The fourth-order valence-electron chi connectivity index (χ4n) is 2.22. The molecule has 3 rings (SSSR count). The number of hydrogen-bond donors (Lipinski definition) is 2. The molecule has 1 aliphatic carbocycles. The molecule has 0 bridgehead atoms. The highest BCUT2D eigenvalue weighted by molar-refractivity contribution is 5.43. The predicted octanol–water partition coefficient (Wildman–Crippen LogP) is 0.285. The van der Waals surface area contributed by atoms with Gasteiger partial charge in [0.25, 0.3) is 0 Å². The number of fused-ring (bicyclic) bond motifs is 1. The molecule has 4 nitrogen and oxygen atoms in total. The summed E-state index contributed by atoms with van der Waals surface area (Å²) in [5, 5.41) is 19.3. The summed E-state index contributed by atoms with van der Waals surface area (Å²) in [5.41, 5.74) is 2.09. The number of ether oxygens (including phenoxy) is 2. The Kier molecular flexibility index (Phi) is 2.78. The summed E-state index contributed by atoms with van der Waals surface area (Å²) in [6, 6.07) is 5.81. The zero-order valence-electron chi connectivity index (χ0n) is 9.50. The predicted molar refractivity (Wildman–Crippen MR) is 61.1 cm³/mol. The fourth-order valence-corrected chi connectivity index (χ4v) is 2.22. The monoisotopic (exact) mass is 236 g/mol. The molecule has 1 heterocycles. The van der Waals surface area contributed by atoms with Crippen LogP contribution in [-0.4, -0.2) is 41.7 Å². The van der Waals surface area contributed by atoms with Crippen LogP contribution < -0.4 is 4.74 Å². The largest absolute Gasteiger partial charge is 0.490 e. The van der Waals surface area contributed by atoms with Gasteiger partial charge in [0.1, 0.15) is 18.5 Å². The van der Waals surface area contributed by atoms with Crippen LogP contribution in [0.1, 0.15) is 11.1 Å². The Morgan fingerprint density at radius 1 is 1.24 bits per heavy atom. The van der Waals surface area contributed by atoms with Gasteiger partial charge >= 0.3 is 0 Å². The molecule has 1 fully saturated rings. The lowest BCUT2D eigenvalue weighted by molar-refractivity contribution is 0.0135. The van der Waals surface area contributed by atoms with Gasteiger partial charge in [0.15, 0.2) is 0 Å². The van der Waals surface area contributed by atoms with Crippen molar-refractivity contribution in [1.82, 2.24) is 0 Å². The van der Waals surface area contributed by atoms with Crippen LogP contribution in [0.5, 0.6) is 5.75 Å². The number of rotatable bonds is 3. The normalized spacial score (nSPS) is 30.8. The first-order valence-electron chi connectivity index (χ1n) is 5.95. The summed E-state index contributed by atoms with van der Waals surface area (Å²) >= 11 is 0. The van der Waals surface area contributed by atoms with E-state index in [1.54, 1.807) is 0 Å². The van der Waals surface area contributed by atoms with E-state index in [1.807, 2.05) is 18.2 Å². The van der Waals surface area contributed by atoms with E-state index in [2.05, 4.69) is 0 Å². The Labute approximate surface area is 99.8 Å². The molecule has 1 saturated heterocycles. The van der Waals surface area contributed by atoms with Crippen LogP contribution >= 0.6 is 0 Å². The molecule has 3 unspecified atom stereocenters. The van der Waals surface area contributed by atoms with Crippen LogP contribution in [-0.2, 0) is 17.6 Å². The third kappa shape index (κ3) is 2.29. The number of benzene rings is 1. The Morgan fingerprint density at radius 3 is 2.76 bits per heavy atom. The molecule has 1 aromatic carbocycles. The molecular weight excluding hydrogens is 220 g/mol. The van der Waals surface area contributed by atoms with Gasteiger partial charge in [0, 0.05) is 18.4 Å². The second-order valence-corrected chi connectivity index (χ2v) is 4.70. The molecule has 0 amide bonds. The van der Waals surface area contributed by atoms with Gasteiger partial charge in [-0.15, -0.1) is 0 Å². The van der Waals surface area contributed by atoms with Crippen LogP contribution in [0.3, 0.4) is 0 Å². The second kappa shape index (κ2) is 4.29. The van der Waals surface area contributed by atoms with Gasteiger partial charge in [0.05, 0.1) is 18.8 Å². The zero-order chi connectivity index (χ0) is 11.8. The van der Waals surface area contributed by atoms with E-state index in [0.717, 1.165) is 23.5 Å². The van der Waals surface area contributed by atoms with Gasteiger partial charge in [-0.25, -0.2) is 0 Å². The summed E-state index contributed by atoms with van der Waals surface area (Å²) in [5.74, 6) is 0.809. The molecular formula is C13H16O4. The highest BCUT2D eigenvalue weighted by Gasteiger charge is 2.28. The van der Waals surface area contributed by atoms with Crippen molar-refractivity contribution in [2.75, 3.05) is 13.2 Å². The molecule has 4 heteroatoms. The van der Waals surface area contributed by atoms with E-state index >= 15 is 0 Å². The lowest BCUT2D eigenvalue weighted by Crippen LogP contribution is -2.34. The first kappa shape index (κ1) is 11.0. The van der Waals surface area contributed by atoms with Crippen molar-refractivity contribution >= 4 is 0 Å². The third-order valence-electron chi connectivity index (χ3n) is 3.34. The van der Waals surface area contributed by atoms with Gasteiger partial charge in [-0.1, -0.05) is 12.1 Å². The summed E-state index contributed by atoms with van der Waals surface area (Å²) in [4.78, 5) is 0. The van der Waals surface area contributed by atoms with E-state index in [9.17, 15) is 10.2 Å². The topological polar surface area (TPSA) is 62.2 Å². The maximum Gasteiger partial charge on any atom is 0.123 e. The standard InChI is InChI=1S/C13H16O4/c14-11-4-8-2-1-3-13(10(8)5-12(11)15)17-7-9-6-16-9/h1-3,9,11-12,14-15H,4-7H2. The van der Waals surface area contributed by atoms with Crippen LogP contribution in [0, 0.1) is 0 Å². The summed E-state index contributed by atoms with van der Waals surface area (Å²) in [6.07, 6.45) is -0.176. The molecule has 1 aromatic rings. The van der Waals surface area contributed by atoms with Crippen molar-refractivity contribution in [3.63, 3.8) is 0 Å². The maximum absolute atomic E-state index is 9.71.